The fourth-order valence-electron chi connectivity index (χ4n) is 2.93. The van der Waals surface area contributed by atoms with Crippen molar-refractivity contribution in [1.82, 2.24) is 0 Å². The molecule has 0 unspecified atom stereocenters. The second kappa shape index (κ2) is 10.4. The van der Waals surface area contributed by atoms with Gasteiger partial charge in [-0.2, -0.15) is 0 Å². The second-order valence-corrected chi connectivity index (χ2v) is 6.86. The van der Waals surface area contributed by atoms with E-state index in [1.54, 1.807) is 12.2 Å². The lowest BCUT2D eigenvalue weighted by Crippen LogP contribution is -1.88. The molecule has 3 rings (SSSR count). The summed E-state index contributed by atoms with van der Waals surface area (Å²) in [6.07, 6.45) is 3.55. The van der Waals surface area contributed by atoms with E-state index in [9.17, 15) is 0 Å². The molecule has 0 aromatic heterocycles. The van der Waals surface area contributed by atoms with Gasteiger partial charge < -0.3 is 19.7 Å². The predicted octanol–water partition coefficient (Wildman–Crippen LogP) is 6.06. The number of benzene rings is 3. The van der Waals surface area contributed by atoms with Crippen LogP contribution in [0.25, 0.3) is 11.1 Å². The van der Waals surface area contributed by atoms with Crippen molar-refractivity contribution in [1.29, 1.82) is 0 Å². The Labute approximate surface area is 177 Å². The maximum atomic E-state index is 8.99. The molecule has 2 N–H and O–H groups in total. The van der Waals surface area contributed by atoms with Crippen LogP contribution in [0, 0.1) is 0 Å². The Balaban J connectivity index is 1.61. The molecular formula is C26H26O4. The average Bonchev–Trinajstić information content (AvgIpc) is 2.76. The maximum Gasteiger partial charge on any atom is 0.127 e. The van der Waals surface area contributed by atoms with Crippen molar-refractivity contribution in [3.05, 3.63) is 96.1 Å². The van der Waals surface area contributed by atoms with Gasteiger partial charge in [0.15, 0.2) is 0 Å². The molecule has 0 aliphatic heterocycles. The van der Waals surface area contributed by atoms with Crippen molar-refractivity contribution in [3.8, 4) is 23.0 Å². The molecule has 4 heteroatoms. The van der Waals surface area contributed by atoms with Crippen LogP contribution in [0.3, 0.4) is 0 Å². The number of allylic oxidation sites excluding steroid dienone is 2. The first kappa shape index (κ1) is 21.4. The van der Waals surface area contributed by atoms with E-state index in [1.807, 2.05) is 86.6 Å². The van der Waals surface area contributed by atoms with Gasteiger partial charge in [0, 0.05) is 0 Å². The quantitative estimate of drug-likeness (QED) is 0.481. The fourth-order valence-corrected chi connectivity index (χ4v) is 2.93. The molecule has 0 saturated carbocycles. The van der Waals surface area contributed by atoms with E-state index in [-0.39, 0.29) is 13.2 Å². The summed E-state index contributed by atoms with van der Waals surface area (Å²) in [4.78, 5) is 0. The molecule has 0 radical (unpaired) electrons. The molecule has 4 nitrogen and oxygen atoms in total. The molecule has 0 heterocycles. The van der Waals surface area contributed by atoms with Crippen molar-refractivity contribution in [3.63, 3.8) is 0 Å². The summed E-state index contributed by atoms with van der Waals surface area (Å²) in [7, 11) is 0. The van der Waals surface area contributed by atoms with E-state index in [1.165, 1.54) is 0 Å². The first-order valence-electron chi connectivity index (χ1n) is 9.81. The summed E-state index contributed by atoms with van der Waals surface area (Å²) in [6.45, 7) is 3.99. The minimum Gasteiger partial charge on any atom is -0.457 e. The molecule has 0 fully saturated rings. The van der Waals surface area contributed by atoms with Gasteiger partial charge in [-0.15, -0.1) is 0 Å². The van der Waals surface area contributed by atoms with Crippen molar-refractivity contribution in [2.24, 2.45) is 0 Å². The highest BCUT2D eigenvalue weighted by Gasteiger charge is 2.03. The minimum absolute atomic E-state index is 0.0308. The van der Waals surface area contributed by atoms with Crippen molar-refractivity contribution < 1.29 is 19.7 Å². The molecule has 0 saturated heterocycles. The molecule has 3 aromatic rings. The van der Waals surface area contributed by atoms with Crippen LogP contribution in [0.4, 0.5) is 0 Å². The highest BCUT2D eigenvalue weighted by Crippen LogP contribution is 2.28. The third kappa shape index (κ3) is 5.83. The van der Waals surface area contributed by atoms with Crippen LogP contribution in [0.15, 0.2) is 84.9 Å². The van der Waals surface area contributed by atoms with Gasteiger partial charge in [0.25, 0.3) is 0 Å². The van der Waals surface area contributed by atoms with E-state index in [2.05, 4.69) is 0 Å². The Bertz CT molecular complexity index is 914. The number of aliphatic hydroxyl groups is 2. The lowest BCUT2D eigenvalue weighted by Gasteiger charge is -2.10. The zero-order valence-corrected chi connectivity index (χ0v) is 17.2. The van der Waals surface area contributed by atoms with Gasteiger partial charge in [-0.1, -0.05) is 36.4 Å². The predicted molar refractivity (Wildman–Crippen MR) is 121 cm³/mol. The Morgan fingerprint density at radius 1 is 0.567 bits per heavy atom. The summed E-state index contributed by atoms with van der Waals surface area (Å²) in [5.41, 5.74) is 4.15. The number of rotatable bonds is 8. The van der Waals surface area contributed by atoms with Crippen LogP contribution in [0.2, 0.25) is 0 Å². The van der Waals surface area contributed by atoms with Gasteiger partial charge in [0.05, 0.1) is 13.2 Å². The third-order valence-corrected chi connectivity index (χ3v) is 4.71. The number of aliphatic hydroxyl groups excluding tert-OH is 2. The first-order chi connectivity index (χ1) is 14.6. The van der Waals surface area contributed by atoms with Crippen molar-refractivity contribution >= 4 is 11.1 Å². The van der Waals surface area contributed by atoms with Crippen LogP contribution < -0.4 is 9.47 Å². The molecule has 0 spiro atoms. The standard InChI is InChI=1S/C26H26O4/c1-19(15-17-27)21-3-7-23(8-4-21)29-25-11-13-26(14-12-25)30-24-9-5-22(6-10-24)20(2)16-18-28/h3-16,27-28H,17-18H2,1-2H3/b19-15+,20-16+. The van der Waals surface area contributed by atoms with E-state index < -0.39 is 0 Å². The molecule has 0 aliphatic carbocycles. The van der Waals surface area contributed by atoms with Crippen LogP contribution >= 0.6 is 0 Å². The molecule has 0 bridgehead atoms. The zero-order chi connectivity index (χ0) is 21.3. The molecule has 154 valence electrons. The minimum atomic E-state index is 0.0308. The van der Waals surface area contributed by atoms with E-state index in [0.717, 1.165) is 45.3 Å². The van der Waals surface area contributed by atoms with Gasteiger partial charge >= 0.3 is 0 Å². The lowest BCUT2D eigenvalue weighted by molar-refractivity contribution is 0.343. The monoisotopic (exact) mass is 402 g/mol. The molecule has 0 aliphatic rings. The van der Waals surface area contributed by atoms with Crippen LogP contribution in [-0.2, 0) is 0 Å². The normalized spacial score (nSPS) is 12.0. The van der Waals surface area contributed by atoms with Gasteiger partial charge in [-0.05, 0) is 84.7 Å². The Kier molecular flexibility index (Phi) is 7.44. The summed E-state index contributed by atoms with van der Waals surface area (Å²) < 4.78 is 11.8. The molecule has 30 heavy (non-hydrogen) atoms. The lowest BCUT2D eigenvalue weighted by atomic mass is 10.1. The van der Waals surface area contributed by atoms with Crippen LogP contribution in [0.1, 0.15) is 25.0 Å². The Hall–Kier alpha value is -3.34. The maximum absolute atomic E-state index is 8.99. The number of hydrogen-bond donors (Lipinski definition) is 2. The topological polar surface area (TPSA) is 58.9 Å². The Morgan fingerprint density at radius 2 is 0.833 bits per heavy atom. The van der Waals surface area contributed by atoms with Crippen molar-refractivity contribution in [2.75, 3.05) is 13.2 Å². The van der Waals surface area contributed by atoms with Crippen molar-refractivity contribution in [2.45, 2.75) is 13.8 Å². The molecule has 0 amide bonds. The smallest absolute Gasteiger partial charge is 0.127 e. The number of hydrogen-bond acceptors (Lipinski definition) is 4. The Morgan fingerprint density at radius 3 is 1.10 bits per heavy atom. The van der Waals surface area contributed by atoms with E-state index in [0.29, 0.717) is 0 Å². The molecule has 3 aromatic carbocycles. The van der Waals surface area contributed by atoms with Crippen LogP contribution in [-0.4, -0.2) is 23.4 Å². The molecule has 0 atom stereocenters. The van der Waals surface area contributed by atoms with Gasteiger partial charge in [0.2, 0.25) is 0 Å². The third-order valence-electron chi connectivity index (χ3n) is 4.71. The van der Waals surface area contributed by atoms with Gasteiger partial charge in [-0.3, -0.25) is 0 Å². The van der Waals surface area contributed by atoms with Gasteiger partial charge in [-0.25, -0.2) is 0 Å². The van der Waals surface area contributed by atoms with Crippen LogP contribution in [0.5, 0.6) is 23.0 Å². The van der Waals surface area contributed by atoms with E-state index >= 15 is 0 Å². The number of ether oxygens (including phenoxy) is 2. The molecular weight excluding hydrogens is 376 g/mol. The summed E-state index contributed by atoms with van der Waals surface area (Å²) >= 11 is 0. The summed E-state index contributed by atoms with van der Waals surface area (Å²) in [5, 5.41) is 18.0. The zero-order valence-electron chi connectivity index (χ0n) is 17.2. The second-order valence-electron chi connectivity index (χ2n) is 6.86. The largest absolute Gasteiger partial charge is 0.457 e. The highest BCUT2D eigenvalue weighted by atomic mass is 16.5. The average molecular weight is 402 g/mol. The summed E-state index contributed by atoms with van der Waals surface area (Å²) in [5.74, 6) is 2.92. The SMILES string of the molecule is C/C(=C\CO)c1ccc(Oc2ccc(Oc3ccc(/C(C)=C/CO)cc3)cc2)cc1. The van der Waals surface area contributed by atoms with Gasteiger partial charge in [0.1, 0.15) is 23.0 Å². The fraction of sp³-hybridized carbons (Fsp3) is 0.154. The first-order valence-corrected chi connectivity index (χ1v) is 9.81. The highest BCUT2D eigenvalue weighted by molar-refractivity contribution is 5.65. The van der Waals surface area contributed by atoms with E-state index in [4.69, 9.17) is 19.7 Å². The summed E-state index contributed by atoms with van der Waals surface area (Å²) in [6, 6.07) is 22.9.